The van der Waals surface area contributed by atoms with Crippen molar-refractivity contribution < 1.29 is 19.7 Å². The standard InChI is InChI=1S/C26H29N5O6S/c1-3-28(4-2)20-7-5-18(6-8-20)21-16-38-26(27-21)19-9-11-29(12-10-19)24(32)15-17-13-22(30(34)35)25(33)23(14-17)31(36)37/h5-8,13-14,16,19,33H,3-4,9-12,15H2,1-2H3. The molecule has 1 saturated heterocycles. The highest BCUT2D eigenvalue weighted by Gasteiger charge is 2.29. The number of rotatable bonds is 9. The summed E-state index contributed by atoms with van der Waals surface area (Å²) in [5.41, 5.74) is 1.72. The minimum Gasteiger partial charge on any atom is -0.497 e. The number of benzene rings is 2. The summed E-state index contributed by atoms with van der Waals surface area (Å²) in [7, 11) is 0. The highest BCUT2D eigenvalue weighted by Crippen LogP contribution is 2.37. The van der Waals surface area contributed by atoms with Crippen molar-refractivity contribution in [3.63, 3.8) is 0 Å². The molecule has 1 fully saturated rings. The monoisotopic (exact) mass is 539 g/mol. The number of nitro benzene ring substituents is 2. The molecular weight excluding hydrogens is 510 g/mol. The van der Waals surface area contributed by atoms with E-state index in [2.05, 4.69) is 48.4 Å². The molecule has 12 heteroatoms. The third-order valence-corrected chi connectivity index (χ3v) is 7.90. The number of carbonyl (C=O) groups is 1. The summed E-state index contributed by atoms with van der Waals surface area (Å²) in [5, 5.41) is 35.3. The van der Waals surface area contributed by atoms with Crippen molar-refractivity contribution in [3.05, 3.63) is 72.6 Å². The Labute approximate surface area is 223 Å². The number of aromatic nitrogens is 1. The van der Waals surface area contributed by atoms with Crippen LogP contribution in [0.5, 0.6) is 5.75 Å². The first-order valence-electron chi connectivity index (χ1n) is 12.4. The number of likely N-dealkylation sites (tertiary alicyclic amines) is 1. The first-order valence-corrected chi connectivity index (χ1v) is 13.3. The fourth-order valence-electron chi connectivity index (χ4n) is 4.74. The minimum atomic E-state index is -1.01. The molecular formula is C26H29N5O6S. The van der Waals surface area contributed by atoms with Crippen LogP contribution in [0, 0.1) is 20.2 Å². The molecule has 1 aliphatic rings. The maximum absolute atomic E-state index is 12.9. The van der Waals surface area contributed by atoms with Crippen LogP contribution in [0.15, 0.2) is 41.8 Å². The van der Waals surface area contributed by atoms with Crippen molar-refractivity contribution in [3.8, 4) is 17.0 Å². The van der Waals surface area contributed by atoms with E-state index in [4.69, 9.17) is 4.98 Å². The highest BCUT2D eigenvalue weighted by molar-refractivity contribution is 7.10. The molecule has 11 nitrogen and oxygen atoms in total. The Balaban J connectivity index is 1.38. The maximum Gasteiger partial charge on any atom is 0.318 e. The van der Waals surface area contributed by atoms with E-state index < -0.39 is 27.0 Å². The van der Waals surface area contributed by atoms with Gasteiger partial charge in [-0.2, -0.15) is 0 Å². The molecule has 1 aromatic heterocycles. The van der Waals surface area contributed by atoms with E-state index in [0.29, 0.717) is 13.1 Å². The number of phenolic OH excluding ortho intramolecular Hbond substituents is 1. The van der Waals surface area contributed by atoms with Crippen LogP contribution in [0.1, 0.15) is 43.2 Å². The minimum absolute atomic E-state index is 0.116. The first-order chi connectivity index (χ1) is 18.2. The molecule has 200 valence electrons. The van der Waals surface area contributed by atoms with E-state index in [1.54, 1.807) is 16.2 Å². The fourth-order valence-corrected chi connectivity index (χ4v) is 5.74. The number of piperidine rings is 1. The molecule has 38 heavy (non-hydrogen) atoms. The zero-order valence-corrected chi connectivity index (χ0v) is 22.0. The molecule has 4 rings (SSSR count). The van der Waals surface area contributed by atoms with Crippen LogP contribution >= 0.6 is 11.3 Å². The van der Waals surface area contributed by atoms with Gasteiger partial charge in [-0.1, -0.05) is 12.1 Å². The number of nitro groups is 2. The van der Waals surface area contributed by atoms with Crippen LogP contribution < -0.4 is 4.90 Å². The van der Waals surface area contributed by atoms with E-state index in [1.165, 1.54) is 5.69 Å². The number of phenols is 1. The van der Waals surface area contributed by atoms with E-state index in [1.807, 2.05) is 0 Å². The third-order valence-electron chi connectivity index (χ3n) is 6.89. The largest absolute Gasteiger partial charge is 0.497 e. The number of nitrogens with zero attached hydrogens (tertiary/aromatic N) is 5. The summed E-state index contributed by atoms with van der Waals surface area (Å²) >= 11 is 1.62. The molecule has 0 atom stereocenters. The lowest BCUT2D eigenvalue weighted by Crippen LogP contribution is -2.38. The quantitative estimate of drug-likeness (QED) is 0.291. The summed E-state index contributed by atoms with van der Waals surface area (Å²) in [6, 6.07) is 10.4. The van der Waals surface area contributed by atoms with Gasteiger partial charge in [-0.25, -0.2) is 4.98 Å². The third kappa shape index (κ3) is 5.75. The van der Waals surface area contributed by atoms with Gasteiger partial charge in [0.1, 0.15) is 0 Å². The zero-order valence-electron chi connectivity index (χ0n) is 21.2. The second kappa shape index (κ2) is 11.5. The molecule has 1 aliphatic heterocycles. The van der Waals surface area contributed by atoms with E-state index in [-0.39, 0.29) is 23.8 Å². The molecule has 1 amide bonds. The van der Waals surface area contributed by atoms with Crippen molar-refractivity contribution in [1.82, 2.24) is 9.88 Å². The Hall–Kier alpha value is -4.06. The number of amides is 1. The molecule has 0 unspecified atom stereocenters. The van der Waals surface area contributed by atoms with Gasteiger partial charge in [0.05, 0.1) is 27.0 Å². The second-order valence-corrected chi connectivity index (χ2v) is 10.0. The number of anilines is 1. The summed E-state index contributed by atoms with van der Waals surface area (Å²) in [4.78, 5) is 42.3. The molecule has 1 N–H and O–H groups in total. The summed E-state index contributed by atoms with van der Waals surface area (Å²) < 4.78 is 0. The molecule has 2 heterocycles. The normalized spacial score (nSPS) is 13.9. The molecule has 0 bridgehead atoms. The lowest BCUT2D eigenvalue weighted by Gasteiger charge is -2.31. The number of aromatic hydroxyl groups is 1. The van der Waals surface area contributed by atoms with Gasteiger partial charge in [-0.05, 0) is 44.4 Å². The van der Waals surface area contributed by atoms with E-state index in [0.717, 1.165) is 54.3 Å². The number of hydrogen-bond donors (Lipinski definition) is 1. The summed E-state index contributed by atoms with van der Waals surface area (Å²) in [6.07, 6.45) is 1.24. The average molecular weight is 540 g/mol. The predicted molar refractivity (Wildman–Crippen MR) is 145 cm³/mol. The lowest BCUT2D eigenvalue weighted by atomic mass is 9.97. The molecule has 0 radical (unpaired) electrons. The molecule has 0 saturated carbocycles. The second-order valence-electron chi connectivity index (χ2n) is 9.12. The Morgan fingerprint density at radius 1 is 1.08 bits per heavy atom. The van der Waals surface area contributed by atoms with E-state index in [9.17, 15) is 30.1 Å². The SMILES string of the molecule is CCN(CC)c1ccc(-c2csc(C3CCN(C(=O)Cc4cc([N+](=O)[O-])c(O)c([N+](=O)[O-])c4)CC3)n2)cc1. The molecule has 2 aromatic carbocycles. The van der Waals surface area contributed by atoms with Crippen LogP contribution in [0.4, 0.5) is 17.1 Å². The summed E-state index contributed by atoms with van der Waals surface area (Å²) in [6.45, 7) is 7.17. The van der Waals surface area contributed by atoms with Gasteiger partial charge in [0.25, 0.3) is 5.75 Å². The Bertz CT molecular complexity index is 1300. The van der Waals surface area contributed by atoms with Crippen molar-refractivity contribution in [1.29, 1.82) is 0 Å². The van der Waals surface area contributed by atoms with Gasteiger partial charge in [-0.15, -0.1) is 11.3 Å². The average Bonchev–Trinajstić information content (AvgIpc) is 3.41. The molecule has 3 aromatic rings. The van der Waals surface area contributed by atoms with E-state index >= 15 is 0 Å². The Morgan fingerprint density at radius 3 is 2.18 bits per heavy atom. The molecule has 0 spiro atoms. The highest BCUT2D eigenvalue weighted by atomic mass is 32.1. The van der Waals surface area contributed by atoms with Gasteiger partial charge in [0.2, 0.25) is 5.91 Å². The van der Waals surface area contributed by atoms with Crippen LogP contribution in [0.25, 0.3) is 11.3 Å². The van der Waals surface area contributed by atoms with Crippen LogP contribution in [-0.2, 0) is 11.2 Å². The topological polar surface area (TPSA) is 143 Å². The first kappa shape index (κ1) is 27.0. The van der Waals surface area contributed by atoms with Crippen LogP contribution in [0.2, 0.25) is 0 Å². The maximum atomic E-state index is 12.9. The Kier molecular flexibility index (Phi) is 8.20. The number of thiazole rings is 1. The summed E-state index contributed by atoms with van der Waals surface area (Å²) in [5.74, 6) is -1.06. The zero-order chi connectivity index (χ0) is 27.4. The lowest BCUT2D eigenvalue weighted by molar-refractivity contribution is -0.396. The Morgan fingerprint density at radius 2 is 1.66 bits per heavy atom. The fraction of sp³-hybridized carbons (Fsp3) is 0.385. The van der Waals surface area contributed by atoms with Gasteiger partial charge in [0, 0.05) is 60.9 Å². The van der Waals surface area contributed by atoms with Gasteiger partial charge >= 0.3 is 11.4 Å². The van der Waals surface area contributed by atoms with Crippen molar-refractivity contribution in [2.45, 2.75) is 39.0 Å². The number of carbonyl (C=O) groups excluding carboxylic acids is 1. The van der Waals surface area contributed by atoms with Crippen LogP contribution in [-0.4, -0.2) is 56.9 Å². The molecule has 0 aliphatic carbocycles. The van der Waals surface area contributed by atoms with Crippen LogP contribution in [0.3, 0.4) is 0 Å². The number of hydrogen-bond acceptors (Lipinski definition) is 9. The van der Waals surface area contributed by atoms with Crippen molar-refractivity contribution in [2.75, 3.05) is 31.1 Å². The predicted octanol–water partition coefficient (Wildman–Crippen LogP) is 5.13. The van der Waals surface area contributed by atoms with Gasteiger partial charge in [0.15, 0.2) is 0 Å². The van der Waals surface area contributed by atoms with Crippen molar-refractivity contribution >= 4 is 34.3 Å². The smallest absolute Gasteiger partial charge is 0.318 e. The van der Waals surface area contributed by atoms with Gasteiger partial charge < -0.3 is 14.9 Å². The van der Waals surface area contributed by atoms with Crippen molar-refractivity contribution in [2.24, 2.45) is 0 Å². The van der Waals surface area contributed by atoms with Gasteiger partial charge in [-0.3, -0.25) is 25.0 Å².